The van der Waals surface area contributed by atoms with Crippen molar-refractivity contribution in [1.82, 2.24) is 5.32 Å². The first kappa shape index (κ1) is 11.9. The Morgan fingerprint density at radius 1 is 1.31 bits per heavy atom. The van der Waals surface area contributed by atoms with Crippen LogP contribution in [0.1, 0.15) is 20.3 Å². The summed E-state index contributed by atoms with van der Waals surface area (Å²) in [5.74, 6) is -3.01. The van der Waals surface area contributed by atoms with Crippen LogP contribution >= 0.6 is 0 Å². The largest absolute Gasteiger partial charge is 0.481 e. The molecule has 0 amide bonds. The van der Waals surface area contributed by atoms with Gasteiger partial charge in [-0.1, -0.05) is 13.8 Å². The molecule has 0 aromatic heterocycles. The highest BCUT2D eigenvalue weighted by molar-refractivity contribution is 5.77. The zero-order chi connectivity index (χ0) is 10.4. The van der Waals surface area contributed by atoms with Gasteiger partial charge in [-0.3, -0.25) is 9.59 Å². The van der Waals surface area contributed by atoms with Gasteiger partial charge in [0.1, 0.15) is 0 Å². The van der Waals surface area contributed by atoms with Crippen molar-refractivity contribution in [2.75, 3.05) is 6.54 Å². The van der Waals surface area contributed by atoms with Crippen molar-refractivity contribution in [2.24, 2.45) is 5.92 Å². The fraction of sp³-hybridized carbons (Fsp3) is 0.750. The summed E-state index contributed by atoms with van der Waals surface area (Å²) in [4.78, 5) is 20.8. The zero-order valence-electron chi connectivity index (χ0n) is 7.78. The quantitative estimate of drug-likeness (QED) is 0.554. The summed E-state index contributed by atoms with van der Waals surface area (Å²) in [5.41, 5.74) is 0. The molecule has 0 aliphatic heterocycles. The van der Waals surface area contributed by atoms with Crippen LogP contribution < -0.4 is 5.32 Å². The number of aliphatic carboxylic acids is 2. The molecule has 0 saturated carbocycles. The predicted molar refractivity (Wildman–Crippen MR) is 46.5 cm³/mol. The van der Waals surface area contributed by atoms with E-state index in [-0.39, 0.29) is 19.0 Å². The molecule has 0 heterocycles. The Morgan fingerprint density at radius 2 is 1.85 bits per heavy atom. The van der Waals surface area contributed by atoms with Gasteiger partial charge in [0.05, 0.1) is 12.3 Å². The first-order valence-corrected chi connectivity index (χ1v) is 4.11. The van der Waals surface area contributed by atoms with Gasteiger partial charge in [0.25, 0.3) is 0 Å². The first-order valence-electron chi connectivity index (χ1n) is 4.11. The molecule has 1 unspecified atom stereocenters. The maximum atomic E-state index is 10.5. The fourth-order valence-corrected chi connectivity index (χ4v) is 0.836. The van der Waals surface area contributed by atoms with Crippen molar-refractivity contribution in [3.05, 3.63) is 0 Å². The summed E-state index contributed by atoms with van der Waals surface area (Å²) < 4.78 is 0. The number of hydrogen-bond acceptors (Lipinski definition) is 3. The van der Waals surface area contributed by atoms with Crippen LogP contribution in [0.25, 0.3) is 0 Å². The van der Waals surface area contributed by atoms with Crippen molar-refractivity contribution in [2.45, 2.75) is 26.3 Å². The smallest absolute Gasteiger partial charge is 0.308 e. The highest BCUT2D eigenvalue weighted by Gasteiger charge is 2.20. The number of hydrogen-bond donors (Lipinski definition) is 3. The van der Waals surface area contributed by atoms with Gasteiger partial charge in [-0.15, -0.1) is 0 Å². The fourth-order valence-electron chi connectivity index (χ4n) is 0.836. The normalized spacial score (nSPS) is 12.8. The molecule has 5 nitrogen and oxygen atoms in total. The molecule has 0 bridgehead atoms. The Bertz CT molecular complexity index is 191. The van der Waals surface area contributed by atoms with E-state index < -0.39 is 17.9 Å². The van der Waals surface area contributed by atoms with E-state index in [2.05, 4.69) is 5.32 Å². The minimum Gasteiger partial charge on any atom is -0.481 e. The topological polar surface area (TPSA) is 86.6 Å². The zero-order valence-corrected chi connectivity index (χ0v) is 7.78. The van der Waals surface area contributed by atoms with E-state index in [0.717, 1.165) is 0 Å². The van der Waals surface area contributed by atoms with E-state index in [1.54, 1.807) is 0 Å². The predicted octanol–water partition coefficient (Wildman–Crippen LogP) is 0.160. The van der Waals surface area contributed by atoms with Gasteiger partial charge in [-0.25, -0.2) is 0 Å². The molecule has 1 atom stereocenters. The van der Waals surface area contributed by atoms with Crippen molar-refractivity contribution in [3.8, 4) is 0 Å². The monoisotopic (exact) mass is 189 g/mol. The van der Waals surface area contributed by atoms with E-state index in [1.807, 2.05) is 13.8 Å². The molecule has 0 fully saturated rings. The lowest BCUT2D eigenvalue weighted by atomic mass is 10.1. The summed E-state index contributed by atoms with van der Waals surface area (Å²) in [6.07, 6.45) is -0.338. The molecule has 0 aromatic rings. The van der Waals surface area contributed by atoms with Crippen LogP contribution in [0.4, 0.5) is 0 Å². The lowest BCUT2D eigenvalue weighted by Crippen LogP contribution is -2.34. The van der Waals surface area contributed by atoms with Gasteiger partial charge in [0.2, 0.25) is 0 Å². The molecule has 0 aromatic carbocycles. The summed E-state index contributed by atoms with van der Waals surface area (Å²) in [7, 11) is 0. The summed E-state index contributed by atoms with van der Waals surface area (Å²) in [6.45, 7) is 3.94. The average Bonchev–Trinajstić information content (AvgIpc) is 1.96. The molecular weight excluding hydrogens is 174 g/mol. The molecule has 13 heavy (non-hydrogen) atoms. The first-order chi connectivity index (χ1) is 5.93. The van der Waals surface area contributed by atoms with Crippen LogP contribution in [-0.4, -0.2) is 34.7 Å². The Morgan fingerprint density at radius 3 is 2.15 bits per heavy atom. The Balaban J connectivity index is 3.95. The van der Waals surface area contributed by atoms with Gasteiger partial charge in [-0.05, 0) is 0 Å². The molecule has 0 radical (unpaired) electrons. The van der Waals surface area contributed by atoms with Gasteiger partial charge < -0.3 is 15.5 Å². The average molecular weight is 189 g/mol. The lowest BCUT2D eigenvalue weighted by molar-refractivity contribution is -0.148. The second-order valence-corrected chi connectivity index (χ2v) is 3.20. The van der Waals surface area contributed by atoms with E-state index in [0.29, 0.717) is 0 Å². The van der Waals surface area contributed by atoms with Gasteiger partial charge in [-0.2, -0.15) is 0 Å². The number of carbonyl (C=O) groups is 2. The molecule has 0 saturated heterocycles. The second kappa shape index (κ2) is 5.53. The number of rotatable bonds is 6. The van der Waals surface area contributed by atoms with Crippen LogP contribution in [0.5, 0.6) is 0 Å². The Kier molecular flexibility index (Phi) is 5.06. The van der Waals surface area contributed by atoms with Crippen molar-refractivity contribution < 1.29 is 19.8 Å². The van der Waals surface area contributed by atoms with Crippen LogP contribution in [0.15, 0.2) is 0 Å². The molecule has 0 aliphatic carbocycles. The third-order valence-electron chi connectivity index (χ3n) is 1.54. The standard InChI is InChI=1S/C8H15NO4/c1-5(2)9-4-6(8(12)13)3-7(10)11/h5-6,9H,3-4H2,1-2H3,(H,10,11)(H,12,13). The third kappa shape index (κ3) is 6.10. The highest BCUT2D eigenvalue weighted by atomic mass is 16.4. The van der Waals surface area contributed by atoms with Crippen molar-refractivity contribution in [1.29, 1.82) is 0 Å². The van der Waals surface area contributed by atoms with Crippen LogP contribution in [0.3, 0.4) is 0 Å². The van der Waals surface area contributed by atoms with Crippen molar-refractivity contribution in [3.63, 3.8) is 0 Å². The summed E-state index contributed by atoms with van der Waals surface area (Å²) in [6, 6.07) is 0.163. The molecule has 5 heteroatoms. The summed E-state index contributed by atoms with van der Waals surface area (Å²) in [5, 5.41) is 19.9. The van der Waals surface area contributed by atoms with E-state index >= 15 is 0 Å². The number of carboxylic acids is 2. The van der Waals surface area contributed by atoms with Crippen LogP contribution in [0.2, 0.25) is 0 Å². The second-order valence-electron chi connectivity index (χ2n) is 3.20. The van der Waals surface area contributed by atoms with Gasteiger partial charge >= 0.3 is 11.9 Å². The third-order valence-corrected chi connectivity index (χ3v) is 1.54. The van der Waals surface area contributed by atoms with Gasteiger partial charge in [0.15, 0.2) is 0 Å². The SMILES string of the molecule is CC(C)NCC(CC(=O)O)C(=O)O. The van der Waals surface area contributed by atoms with E-state index in [9.17, 15) is 9.59 Å². The Hall–Kier alpha value is -1.10. The lowest BCUT2D eigenvalue weighted by Gasteiger charge is -2.13. The molecule has 76 valence electrons. The van der Waals surface area contributed by atoms with Crippen molar-refractivity contribution >= 4 is 11.9 Å². The molecule has 0 spiro atoms. The highest BCUT2D eigenvalue weighted by Crippen LogP contribution is 2.02. The van der Waals surface area contributed by atoms with Crippen LogP contribution in [-0.2, 0) is 9.59 Å². The van der Waals surface area contributed by atoms with Gasteiger partial charge in [0, 0.05) is 12.6 Å². The molecule has 0 rings (SSSR count). The maximum Gasteiger partial charge on any atom is 0.308 e. The van der Waals surface area contributed by atoms with E-state index in [4.69, 9.17) is 10.2 Å². The number of carboxylic acid groups (broad SMARTS) is 2. The molecule has 0 aliphatic rings. The molecular formula is C8H15NO4. The number of nitrogens with one attached hydrogen (secondary N) is 1. The molecule has 3 N–H and O–H groups in total. The van der Waals surface area contributed by atoms with Crippen LogP contribution in [0, 0.1) is 5.92 Å². The minimum absolute atomic E-state index is 0.163. The Labute approximate surface area is 76.8 Å². The van der Waals surface area contributed by atoms with E-state index in [1.165, 1.54) is 0 Å². The maximum absolute atomic E-state index is 10.5. The summed E-state index contributed by atoms with van der Waals surface area (Å²) >= 11 is 0. The minimum atomic E-state index is -1.09.